The average Bonchev–Trinajstić information content (AvgIpc) is 2.93. The number of carbonyl (C=O) groups is 2. The monoisotopic (exact) mass is 568 g/mol. The van der Waals surface area contributed by atoms with Crippen LogP contribution in [0.5, 0.6) is 0 Å². The Hall–Kier alpha value is -3.76. The normalized spacial score (nSPS) is 12.3. The summed E-state index contributed by atoms with van der Waals surface area (Å²) in [6.07, 6.45) is 0.163. The average molecular weight is 569 g/mol. The second kappa shape index (κ2) is 14.0. The molecule has 0 aromatic heterocycles. The number of nitrogens with zero attached hydrogens (tertiary/aromatic N) is 3. The topological polar surface area (TPSA) is 90.0 Å². The summed E-state index contributed by atoms with van der Waals surface area (Å²) in [6, 6.07) is 22.5. The number of amides is 2. The molecule has 1 N–H and O–H groups in total. The molecule has 3 rings (SSSR count). The number of halogens is 1. The van der Waals surface area contributed by atoms with E-state index in [4.69, 9.17) is 0 Å². The first kappa shape index (κ1) is 30.8. The number of hydrogen-bond donors (Lipinski definition) is 1. The van der Waals surface area contributed by atoms with Crippen molar-refractivity contribution in [1.82, 2.24) is 14.5 Å². The Labute approximate surface area is 236 Å². The zero-order valence-electron chi connectivity index (χ0n) is 23.3. The first-order valence-electron chi connectivity index (χ1n) is 13.1. The predicted molar refractivity (Wildman–Crippen MR) is 155 cm³/mol. The van der Waals surface area contributed by atoms with E-state index in [1.54, 1.807) is 48.5 Å². The van der Waals surface area contributed by atoms with Crippen molar-refractivity contribution in [2.24, 2.45) is 5.92 Å². The molecule has 40 heavy (non-hydrogen) atoms. The molecule has 10 heteroatoms. The minimum absolute atomic E-state index is 0.163. The van der Waals surface area contributed by atoms with Crippen LogP contribution in [0.4, 0.5) is 10.1 Å². The Morgan fingerprint density at radius 3 is 2.02 bits per heavy atom. The van der Waals surface area contributed by atoms with Crippen LogP contribution in [0.1, 0.15) is 25.0 Å². The molecule has 0 spiro atoms. The fourth-order valence-corrected chi connectivity index (χ4v) is 5.15. The molecule has 0 aliphatic rings. The number of para-hydroxylation sites is 1. The van der Waals surface area contributed by atoms with Crippen molar-refractivity contribution in [2.45, 2.75) is 32.9 Å². The van der Waals surface area contributed by atoms with Gasteiger partial charge in [-0.15, -0.1) is 0 Å². The Bertz CT molecular complexity index is 1370. The van der Waals surface area contributed by atoms with Gasteiger partial charge in [0, 0.05) is 39.2 Å². The molecule has 0 aliphatic heterocycles. The second-order valence-electron chi connectivity index (χ2n) is 10.1. The molecule has 0 radical (unpaired) electrons. The number of hydrogen-bond acceptors (Lipinski definition) is 4. The van der Waals surface area contributed by atoms with E-state index in [1.165, 1.54) is 25.1 Å². The third-order valence-corrected chi connectivity index (χ3v) is 8.14. The zero-order valence-corrected chi connectivity index (χ0v) is 24.1. The minimum Gasteiger partial charge on any atom is -0.354 e. The molecule has 0 saturated carbocycles. The van der Waals surface area contributed by atoms with Gasteiger partial charge in [0.05, 0.1) is 5.69 Å². The van der Waals surface area contributed by atoms with E-state index < -0.39 is 40.4 Å². The molecule has 8 nitrogen and oxygen atoms in total. The van der Waals surface area contributed by atoms with E-state index in [9.17, 15) is 22.4 Å². The van der Waals surface area contributed by atoms with Crippen LogP contribution in [0, 0.1) is 11.7 Å². The van der Waals surface area contributed by atoms with Gasteiger partial charge in [-0.1, -0.05) is 80.6 Å². The molecule has 0 saturated heterocycles. The molecule has 0 unspecified atom stereocenters. The van der Waals surface area contributed by atoms with Crippen LogP contribution >= 0.6 is 0 Å². The summed E-state index contributed by atoms with van der Waals surface area (Å²) in [7, 11) is -1.32. The number of nitrogens with one attached hydrogen (secondary N) is 1. The molecule has 0 bridgehead atoms. The maximum atomic E-state index is 14.8. The van der Waals surface area contributed by atoms with Gasteiger partial charge in [-0.25, -0.2) is 8.70 Å². The van der Waals surface area contributed by atoms with Gasteiger partial charge < -0.3 is 10.2 Å². The van der Waals surface area contributed by atoms with Gasteiger partial charge >= 0.3 is 10.2 Å². The fraction of sp³-hybridized carbons (Fsp3) is 0.333. The Morgan fingerprint density at radius 2 is 1.45 bits per heavy atom. The van der Waals surface area contributed by atoms with Crippen LogP contribution in [-0.2, 0) is 32.8 Å². The number of carbonyl (C=O) groups excluding carboxylic acids is 2. The minimum atomic E-state index is -4.08. The summed E-state index contributed by atoms with van der Waals surface area (Å²) in [4.78, 5) is 29.0. The molecule has 3 aromatic carbocycles. The van der Waals surface area contributed by atoms with Crippen molar-refractivity contribution < 1.29 is 22.4 Å². The van der Waals surface area contributed by atoms with Crippen molar-refractivity contribution in [3.63, 3.8) is 0 Å². The lowest BCUT2D eigenvalue weighted by Gasteiger charge is -2.34. The first-order valence-corrected chi connectivity index (χ1v) is 14.5. The maximum Gasteiger partial charge on any atom is 0.304 e. The Morgan fingerprint density at radius 1 is 0.875 bits per heavy atom. The SMILES string of the molecule is CC(C)CNC(=O)[C@H](Cc1ccccc1)N(Cc1ccccc1F)C(=O)CN(c1ccccc1)S(=O)(=O)N(C)C. The first-order chi connectivity index (χ1) is 19.0. The van der Waals surface area contributed by atoms with Crippen LogP contribution in [0.15, 0.2) is 84.9 Å². The Balaban J connectivity index is 2.08. The largest absolute Gasteiger partial charge is 0.354 e. The van der Waals surface area contributed by atoms with Crippen molar-refractivity contribution in [3.05, 3.63) is 102 Å². The summed E-state index contributed by atoms with van der Waals surface area (Å²) >= 11 is 0. The van der Waals surface area contributed by atoms with E-state index in [0.29, 0.717) is 12.2 Å². The highest BCUT2D eigenvalue weighted by Crippen LogP contribution is 2.22. The lowest BCUT2D eigenvalue weighted by Crippen LogP contribution is -2.54. The summed E-state index contributed by atoms with van der Waals surface area (Å²) < 4.78 is 43.5. The molecule has 3 aromatic rings. The highest BCUT2D eigenvalue weighted by molar-refractivity contribution is 7.90. The summed E-state index contributed by atoms with van der Waals surface area (Å²) in [6.45, 7) is 3.50. The van der Waals surface area contributed by atoms with Gasteiger partial charge in [0.2, 0.25) is 11.8 Å². The summed E-state index contributed by atoms with van der Waals surface area (Å²) in [5, 5.41) is 2.91. The molecular weight excluding hydrogens is 531 g/mol. The standard InChI is InChI=1S/C30H37FN4O4S/c1-23(2)20-32-30(37)28(19-24-13-7-5-8-14-24)34(21-25-15-11-12-18-27(25)31)29(36)22-35(40(38,39)33(3)4)26-16-9-6-10-17-26/h5-18,23,28H,19-22H2,1-4H3,(H,32,37)/t28-/m0/s1. The van der Waals surface area contributed by atoms with E-state index in [-0.39, 0.29) is 24.4 Å². The highest BCUT2D eigenvalue weighted by atomic mass is 32.2. The molecular formula is C30H37FN4O4S. The van der Waals surface area contributed by atoms with E-state index in [1.807, 2.05) is 44.2 Å². The van der Waals surface area contributed by atoms with Crippen LogP contribution in [0.3, 0.4) is 0 Å². The summed E-state index contributed by atoms with van der Waals surface area (Å²) in [5.74, 6) is -1.40. The van der Waals surface area contributed by atoms with Gasteiger partial charge in [0.15, 0.2) is 0 Å². The number of rotatable bonds is 13. The smallest absolute Gasteiger partial charge is 0.304 e. The van der Waals surface area contributed by atoms with Gasteiger partial charge in [-0.2, -0.15) is 12.7 Å². The Kier molecular flexibility index (Phi) is 10.8. The predicted octanol–water partition coefficient (Wildman–Crippen LogP) is 3.85. The van der Waals surface area contributed by atoms with Gasteiger partial charge in [-0.3, -0.25) is 9.59 Å². The van der Waals surface area contributed by atoms with Gasteiger partial charge in [0.25, 0.3) is 0 Å². The number of benzene rings is 3. The highest BCUT2D eigenvalue weighted by Gasteiger charge is 2.35. The molecule has 2 amide bonds. The maximum absolute atomic E-state index is 14.8. The summed E-state index contributed by atoms with van der Waals surface area (Å²) in [5.41, 5.74) is 1.31. The van der Waals surface area contributed by atoms with Crippen molar-refractivity contribution in [3.8, 4) is 0 Å². The van der Waals surface area contributed by atoms with Crippen molar-refractivity contribution in [1.29, 1.82) is 0 Å². The molecule has 0 fully saturated rings. The lowest BCUT2D eigenvalue weighted by atomic mass is 10.0. The molecule has 0 heterocycles. The van der Waals surface area contributed by atoms with E-state index >= 15 is 0 Å². The molecule has 0 aliphatic carbocycles. The van der Waals surface area contributed by atoms with Crippen LogP contribution < -0.4 is 9.62 Å². The van der Waals surface area contributed by atoms with E-state index in [0.717, 1.165) is 14.2 Å². The van der Waals surface area contributed by atoms with Crippen molar-refractivity contribution in [2.75, 3.05) is 31.5 Å². The molecule has 1 atom stereocenters. The van der Waals surface area contributed by atoms with Gasteiger partial charge in [-0.05, 0) is 29.7 Å². The zero-order chi connectivity index (χ0) is 29.3. The lowest BCUT2D eigenvalue weighted by molar-refractivity contribution is -0.140. The van der Waals surface area contributed by atoms with Crippen LogP contribution in [0.2, 0.25) is 0 Å². The second-order valence-corrected chi connectivity index (χ2v) is 12.2. The van der Waals surface area contributed by atoms with Crippen molar-refractivity contribution >= 4 is 27.7 Å². The van der Waals surface area contributed by atoms with E-state index in [2.05, 4.69) is 5.32 Å². The molecule has 214 valence electrons. The van der Waals surface area contributed by atoms with Gasteiger partial charge in [0.1, 0.15) is 18.4 Å². The van der Waals surface area contributed by atoms with Crippen LogP contribution in [-0.4, -0.2) is 62.7 Å². The number of anilines is 1. The quantitative estimate of drug-likeness (QED) is 0.339. The van der Waals surface area contributed by atoms with Crippen LogP contribution in [0.25, 0.3) is 0 Å². The fourth-order valence-electron chi connectivity index (χ4n) is 4.10. The third-order valence-electron chi connectivity index (χ3n) is 6.32. The third kappa shape index (κ3) is 8.12.